The highest BCUT2D eigenvalue weighted by Crippen LogP contribution is 2.20. The Hall–Kier alpha value is -2.82. The van der Waals surface area contributed by atoms with Crippen molar-refractivity contribution in [3.63, 3.8) is 0 Å². The molecule has 2 aromatic carbocycles. The fraction of sp³-hybridized carbons (Fsp3) is 0.125. The Morgan fingerprint density at radius 3 is 2.86 bits per heavy atom. The van der Waals surface area contributed by atoms with E-state index >= 15 is 0 Å². The zero-order chi connectivity index (χ0) is 14.5. The summed E-state index contributed by atoms with van der Waals surface area (Å²) in [5.41, 5.74) is 3.13. The molecular formula is C16H16N4O. The highest BCUT2D eigenvalue weighted by Gasteiger charge is 2.04. The summed E-state index contributed by atoms with van der Waals surface area (Å²) in [7, 11) is 1.67. The summed E-state index contributed by atoms with van der Waals surface area (Å²) in [5, 5.41) is 7.60. The molecule has 3 aromatic rings. The maximum absolute atomic E-state index is 5.24. The number of nitrogens with one attached hydrogen (secondary N) is 1. The van der Waals surface area contributed by atoms with Gasteiger partial charge in [0.25, 0.3) is 0 Å². The van der Waals surface area contributed by atoms with Gasteiger partial charge in [0.05, 0.1) is 18.5 Å². The lowest BCUT2D eigenvalue weighted by Gasteiger charge is -2.12. The second kappa shape index (κ2) is 6.09. The maximum atomic E-state index is 5.24. The van der Waals surface area contributed by atoms with E-state index in [0.29, 0.717) is 6.54 Å². The van der Waals surface area contributed by atoms with Crippen molar-refractivity contribution in [3.8, 4) is 11.4 Å². The Balaban J connectivity index is 1.79. The molecule has 0 saturated carbocycles. The molecule has 0 unspecified atom stereocenters. The number of nitrogens with zero attached hydrogens (tertiary/aromatic N) is 3. The van der Waals surface area contributed by atoms with Crippen LogP contribution in [0.2, 0.25) is 0 Å². The van der Waals surface area contributed by atoms with Gasteiger partial charge in [-0.25, -0.2) is 9.67 Å². The van der Waals surface area contributed by atoms with E-state index in [2.05, 4.69) is 21.5 Å². The lowest BCUT2D eigenvalue weighted by molar-refractivity contribution is 0.414. The van der Waals surface area contributed by atoms with E-state index in [0.717, 1.165) is 22.7 Å². The fourth-order valence-electron chi connectivity index (χ4n) is 2.14. The SMILES string of the molecule is COc1cccc(CNc2ccccc2-n2cncn2)c1. The number of methoxy groups -OCH3 is 1. The summed E-state index contributed by atoms with van der Waals surface area (Å²) in [5.74, 6) is 0.860. The van der Waals surface area contributed by atoms with Crippen LogP contribution in [-0.4, -0.2) is 21.9 Å². The minimum atomic E-state index is 0.711. The molecule has 3 rings (SSSR count). The maximum Gasteiger partial charge on any atom is 0.138 e. The molecule has 0 aliphatic heterocycles. The normalized spacial score (nSPS) is 10.3. The van der Waals surface area contributed by atoms with Crippen LogP contribution in [0, 0.1) is 0 Å². The van der Waals surface area contributed by atoms with Gasteiger partial charge in [0.15, 0.2) is 0 Å². The second-order valence-electron chi connectivity index (χ2n) is 4.56. The van der Waals surface area contributed by atoms with E-state index in [-0.39, 0.29) is 0 Å². The van der Waals surface area contributed by atoms with Gasteiger partial charge in [0.2, 0.25) is 0 Å². The standard InChI is InChI=1S/C16H16N4O/c1-21-14-6-4-5-13(9-14)10-18-15-7-2-3-8-16(15)20-12-17-11-19-20/h2-9,11-12,18H,10H2,1H3. The van der Waals surface area contributed by atoms with E-state index in [1.54, 1.807) is 18.1 Å². The second-order valence-corrected chi connectivity index (χ2v) is 4.56. The highest BCUT2D eigenvalue weighted by atomic mass is 16.5. The van der Waals surface area contributed by atoms with Crippen LogP contribution in [0.3, 0.4) is 0 Å². The van der Waals surface area contributed by atoms with E-state index in [1.165, 1.54) is 6.33 Å². The zero-order valence-corrected chi connectivity index (χ0v) is 11.7. The third kappa shape index (κ3) is 3.02. The first kappa shape index (κ1) is 13.2. The lowest BCUT2D eigenvalue weighted by atomic mass is 10.2. The van der Waals surface area contributed by atoms with Crippen molar-refractivity contribution in [1.29, 1.82) is 0 Å². The number of anilines is 1. The van der Waals surface area contributed by atoms with Gasteiger partial charge >= 0.3 is 0 Å². The number of rotatable bonds is 5. The van der Waals surface area contributed by atoms with Crippen LogP contribution in [-0.2, 0) is 6.54 Å². The van der Waals surface area contributed by atoms with Gasteiger partial charge in [0.1, 0.15) is 18.4 Å². The van der Waals surface area contributed by atoms with Gasteiger partial charge in [-0.15, -0.1) is 0 Å². The van der Waals surface area contributed by atoms with Crippen molar-refractivity contribution in [3.05, 3.63) is 66.7 Å². The van der Waals surface area contributed by atoms with Crippen LogP contribution in [0.1, 0.15) is 5.56 Å². The van der Waals surface area contributed by atoms with Gasteiger partial charge < -0.3 is 10.1 Å². The largest absolute Gasteiger partial charge is 0.497 e. The third-order valence-electron chi connectivity index (χ3n) is 3.19. The molecule has 0 bridgehead atoms. The summed E-state index contributed by atoms with van der Waals surface area (Å²) in [6, 6.07) is 16.0. The summed E-state index contributed by atoms with van der Waals surface area (Å²) < 4.78 is 6.98. The molecule has 0 spiro atoms. The van der Waals surface area contributed by atoms with Crippen LogP contribution >= 0.6 is 0 Å². The summed E-state index contributed by atoms with van der Waals surface area (Å²) in [6.45, 7) is 0.711. The van der Waals surface area contributed by atoms with Gasteiger partial charge in [-0.1, -0.05) is 24.3 Å². The van der Waals surface area contributed by atoms with Crippen molar-refractivity contribution in [2.45, 2.75) is 6.54 Å². The van der Waals surface area contributed by atoms with Gasteiger partial charge in [0, 0.05) is 6.54 Å². The zero-order valence-electron chi connectivity index (χ0n) is 11.7. The predicted molar refractivity (Wildman–Crippen MR) is 81.7 cm³/mol. The first-order valence-electron chi connectivity index (χ1n) is 6.67. The minimum absolute atomic E-state index is 0.711. The fourth-order valence-corrected chi connectivity index (χ4v) is 2.14. The van der Waals surface area contributed by atoms with Crippen LogP contribution < -0.4 is 10.1 Å². The molecule has 1 aromatic heterocycles. The highest BCUT2D eigenvalue weighted by molar-refractivity contribution is 5.60. The Bertz CT molecular complexity index is 710. The topological polar surface area (TPSA) is 52.0 Å². The van der Waals surface area contributed by atoms with Crippen molar-refractivity contribution in [2.24, 2.45) is 0 Å². The third-order valence-corrected chi connectivity index (χ3v) is 3.19. The number of benzene rings is 2. The Kier molecular flexibility index (Phi) is 3.82. The molecule has 0 atom stereocenters. The van der Waals surface area contributed by atoms with Crippen LogP contribution in [0.25, 0.3) is 5.69 Å². The molecule has 1 N–H and O–H groups in total. The summed E-state index contributed by atoms with van der Waals surface area (Å²) in [6.07, 6.45) is 3.21. The number of para-hydroxylation sites is 2. The van der Waals surface area contributed by atoms with Crippen molar-refractivity contribution in [2.75, 3.05) is 12.4 Å². The van der Waals surface area contributed by atoms with E-state index in [9.17, 15) is 0 Å². The molecular weight excluding hydrogens is 264 g/mol. The lowest BCUT2D eigenvalue weighted by Crippen LogP contribution is -2.04. The molecule has 0 fully saturated rings. The van der Waals surface area contributed by atoms with E-state index in [1.807, 2.05) is 42.5 Å². The molecule has 1 heterocycles. The molecule has 5 nitrogen and oxygen atoms in total. The van der Waals surface area contributed by atoms with Gasteiger partial charge in [-0.05, 0) is 29.8 Å². The number of ether oxygens (including phenoxy) is 1. The van der Waals surface area contributed by atoms with Gasteiger partial charge in [-0.3, -0.25) is 0 Å². The molecule has 5 heteroatoms. The van der Waals surface area contributed by atoms with Crippen molar-refractivity contribution in [1.82, 2.24) is 14.8 Å². The first-order chi connectivity index (χ1) is 10.4. The van der Waals surface area contributed by atoms with Gasteiger partial charge in [-0.2, -0.15) is 5.10 Å². The summed E-state index contributed by atoms with van der Waals surface area (Å²) >= 11 is 0. The Morgan fingerprint density at radius 1 is 1.14 bits per heavy atom. The molecule has 0 aliphatic carbocycles. The summed E-state index contributed by atoms with van der Waals surface area (Å²) in [4.78, 5) is 3.99. The van der Waals surface area contributed by atoms with Crippen molar-refractivity contribution >= 4 is 5.69 Å². The molecule has 0 saturated heterocycles. The molecule has 0 radical (unpaired) electrons. The minimum Gasteiger partial charge on any atom is -0.497 e. The number of hydrogen-bond donors (Lipinski definition) is 1. The molecule has 106 valence electrons. The predicted octanol–water partition coefficient (Wildman–Crippen LogP) is 2.89. The first-order valence-corrected chi connectivity index (χ1v) is 6.67. The van der Waals surface area contributed by atoms with Crippen LogP contribution in [0.4, 0.5) is 5.69 Å². The van der Waals surface area contributed by atoms with E-state index in [4.69, 9.17) is 4.74 Å². The van der Waals surface area contributed by atoms with Crippen LogP contribution in [0.5, 0.6) is 5.75 Å². The van der Waals surface area contributed by atoms with Crippen molar-refractivity contribution < 1.29 is 4.74 Å². The van der Waals surface area contributed by atoms with E-state index < -0.39 is 0 Å². The van der Waals surface area contributed by atoms with Crippen LogP contribution in [0.15, 0.2) is 61.2 Å². The molecule has 0 amide bonds. The Morgan fingerprint density at radius 2 is 2.05 bits per heavy atom. The number of hydrogen-bond acceptors (Lipinski definition) is 4. The molecule has 21 heavy (non-hydrogen) atoms. The smallest absolute Gasteiger partial charge is 0.138 e. The number of aromatic nitrogens is 3. The quantitative estimate of drug-likeness (QED) is 0.780. The average molecular weight is 280 g/mol. The average Bonchev–Trinajstić information content (AvgIpc) is 3.08. The monoisotopic (exact) mass is 280 g/mol. The Labute approximate surface area is 123 Å². The molecule has 0 aliphatic rings.